The van der Waals surface area contributed by atoms with Crippen molar-refractivity contribution >= 4 is 57.9 Å². The summed E-state index contributed by atoms with van der Waals surface area (Å²) in [5.74, 6) is 1.86. The minimum Gasteiger partial charge on any atom is -0.308 e. The topological polar surface area (TPSA) is 45.2 Å². The number of para-hydroxylation sites is 3. The minimum absolute atomic E-state index is 0.145. The molecule has 0 N–H and O–H groups in total. The quantitative estimate of drug-likeness (QED) is 0.178. The lowest BCUT2D eigenvalue weighted by Crippen LogP contribution is -2.20. The lowest BCUT2D eigenvalue weighted by molar-refractivity contribution is 0.660. The zero-order valence-corrected chi connectivity index (χ0v) is 31.8. The van der Waals surface area contributed by atoms with E-state index in [1.807, 2.05) is 30.0 Å². The van der Waals surface area contributed by atoms with Gasteiger partial charge in [0.05, 0.1) is 22.7 Å². The highest BCUT2D eigenvalue weighted by Crippen LogP contribution is 2.56. The molecule has 0 bridgehead atoms. The molecular formula is C48H33N5S2. The van der Waals surface area contributed by atoms with Gasteiger partial charge in [-0.2, -0.15) is 9.97 Å². The van der Waals surface area contributed by atoms with Crippen LogP contribution in [-0.2, 0) is 5.41 Å². The first-order chi connectivity index (χ1) is 27.0. The van der Waals surface area contributed by atoms with Gasteiger partial charge in [-0.1, -0.05) is 140 Å². The molecule has 0 atom stereocenters. The molecule has 0 saturated carbocycles. The van der Waals surface area contributed by atoms with Gasteiger partial charge in [0.2, 0.25) is 5.95 Å². The molecule has 5 nitrogen and oxygen atoms in total. The fourth-order valence-electron chi connectivity index (χ4n) is 8.24. The Morgan fingerprint density at radius 3 is 1.67 bits per heavy atom. The maximum absolute atomic E-state index is 5.33. The van der Waals surface area contributed by atoms with Gasteiger partial charge in [-0.05, 0) is 82.9 Å². The monoisotopic (exact) mass is 743 g/mol. The largest absolute Gasteiger partial charge is 0.308 e. The number of aromatic nitrogens is 3. The third kappa shape index (κ3) is 5.14. The van der Waals surface area contributed by atoms with Gasteiger partial charge in [-0.3, -0.25) is 4.90 Å². The number of hydrogen-bond acceptors (Lipinski definition) is 7. The number of hydrogen-bond donors (Lipinski definition) is 0. The number of fused-ring (bicyclic) bond motifs is 7. The van der Waals surface area contributed by atoms with Crippen molar-refractivity contribution in [2.75, 3.05) is 9.80 Å². The SMILES string of the molecule is CC1(C)c2ccccc2-c2ccc(-c3nc(-c4ccccc4)nc(N4c5ccccc5Sc5cc(N6c7ccccc7Sc7ccccc76)ccc54)n3)cc21. The minimum atomic E-state index is -0.145. The Morgan fingerprint density at radius 2 is 0.964 bits per heavy atom. The van der Waals surface area contributed by atoms with E-state index in [0.717, 1.165) is 38.0 Å². The summed E-state index contributed by atoms with van der Waals surface area (Å²) in [6.07, 6.45) is 0. The van der Waals surface area contributed by atoms with Crippen molar-refractivity contribution in [1.82, 2.24) is 15.0 Å². The first kappa shape index (κ1) is 32.3. The Morgan fingerprint density at radius 1 is 0.418 bits per heavy atom. The highest BCUT2D eigenvalue weighted by atomic mass is 32.2. The molecule has 0 unspecified atom stereocenters. The lowest BCUT2D eigenvalue weighted by Gasteiger charge is -2.35. The summed E-state index contributed by atoms with van der Waals surface area (Å²) in [4.78, 5) is 25.1. The van der Waals surface area contributed by atoms with Crippen LogP contribution < -0.4 is 9.80 Å². The van der Waals surface area contributed by atoms with Crippen LogP contribution in [0.4, 0.5) is 34.4 Å². The van der Waals surface area contributed by atoms with E-state index < -0.39 is 0 Å². The summed E-state index contributed by atoms with van der Waals surface area (Å²) < 4.78 is 0. The van der Waals surface area contributed by atoms with Crippen LogP contribution in [0.1, 0.15) is 25.0 Å². The summed E-state index contributed by atoms with van der Waals surface area (Å²) >= 11 is 3.61. The van der Waals surface area contributed by atoms with Crippen LogP contribution >= 0.6 is 23.5 Å². The van der Waals surface area contributed by atoms with E-state index in [0.29, 0.717) is 17.6 Å². The molecule has 2 aliphatic heterocycles. The zero-order valence-electron chi connectivity index (χ0n) is 30.1. The fraction of sp³-hybridized carbons (Fsp3) is 0.0625. The van der Waals surface area contributed by atoms with Crippen molar-refractivity contribution in [3.63, 3.8) is 0 Å². The van der Waals surface area contributed by atoms with Crippen LogP contribution in [-0.4, -0.2) is 15.0 Å². The van der Waals surface area contributed by atoms with Crippen molar-refractivity contribution < 1.29 is 0 Å². The molecule has 3 aliphatic rings. The second kappa shape index (κ2) is 12.4. The molecule has 1 aliphatic carbocycles. The van der Waals surface area contributed by atoms with Crippen molar-refractivity contribution in [2.45, 2.75) is 38.8 Å². The average molecular weight is 744 g/mol. The fourth-order valence-corrected chi connectivity index (χ4v) is 10.4. The molecule has 262 valence electrons. The smallest absolute Gasteiger partial charge is 0.238 e. The van der Waals surface area contributed by atoms with E-state index in [1.165, 1.54) is 43.4 Å². The predicted molar refractivity (Wildman–Crippen MR) is 226 cm³/mol. The highest BCUT2D eigenvalue weighted by molar-refractivity contribution is 8.00. The Kier molecular flexibility index (Phi) is 7.31. The maximum Gasteiger partial charge on any atom is 0.238 e. The number of nitrogens with zero attached hydrogens (tertiary/aromatic N) is 5. The van der Waals surface area contributed by atoms with Crippen LogP contribution in [0.25, 0.3) is 33.9 Å². The molecule has 0 radical (unpaired) electrons. The number of benzene rings is 7. The van der Waals surface area contributed by atoms with Crippen molar-refractivity contribution in [3.05, 3.63) is 175 Å². The highest BCUT2D eigenvalue weighted by Gasteiger charge is 2.36. The predicted octanol–water partition coefficient (Wildman–Crippen LogP) is 13.4. The molecule has 55 heavy (non-hydrogen) atoms. The summed E-state index contributed by atoms with van der Waals surface area (Å²) in [5, 5.41) is 0. The average Bonchev–Trinajstić information content (AvgIpc) is 3.47. The third-order valence-electron chi connectivity index (χ3n) is 10.9. The lowest BCUT2D eigenvalue weighted by atomic mass is 9.82. The number of anilines is 6. The van der Waals surface area contributed by atoms with Crippen LogP contribution in [0.5, 0.6) is 0 Å². The Labute approximate surface area is 328 Å². The van der Waals surface area contributed by atoms with Crippen LogP contribution in [0, 0.1) is 0 Å². The van der Waals surface area contributed by atoms with E-state index in [4.69, 9.17) is 15.0 Å². The second-order valence-electron chi connectivity index (χ2n) is 14.5. The van der Waals surface area contributed by atoms with Crippen LogP contribution in [0.3, 0.4) is 0 Å². The van der Waals surface area contributed by atoms with Gasteiger partial charge in [0.15, 0.2) is 11.6 Å². The third-order valence-corrected chi connectivity index (χ3v) is 13.1. The molecule has 7 aromatic carbocycles. The summed E-state index contributed by atoms with van der Waals surface area (Å²) in [6.45, 7) is 4.62. The van der Waals surface area contributed by atoms with Gasteiger partial charge in [0, 0.05) is 41.8 Å². The van der Waals surface area contributed by atoms with E-state index in [1.54, 1.807) is 11.8 Å². The summed E-state index contributed by atoms with van der Waals surface area (Å²) in [6, 6.07) is 58.3. The Bertz CT molecular complexity index is 2790. The second-order valence-corrected chi connectivity index (χ2v) is 16.7. The molecule has 3 heterocycles. The molecule has 7 heteroatoms. The molecule has 0 fully saturated rings. The van der Waals surface area contributed by atoms with E-state index >= 15 is 0 Å². The Balaban J connectivity index is 1.08. The molecule has 0 amide bonds. The van der Waals surface area contributed by atoms with Crippen LogP contribution in [0.15, 0.2) is 183 Å². The molecule has 8 aromatic rings. The van der Waals surface area contributed by atoms with E-state index in [-0.39, 0.29) is 5.41 Å². The van der Waals surface area contributed by atoms with Crippen LogP contribution in [0.2, 0.25) is 0 Å². The van der Waals surface area contributed by atoms with Gasteiger partial charge in [-0.15, -0.1) is 0 Å². The summed E-state index contributed by atoms with van der Waals surface area (Å²) in [5.41, 5.74) is 12.5. The van der Waals surface area contributed by atoms with Gasteiger partial charge in [0.1, 0.15) is 0 Å². The molecule has 1 aromatic heterocycles. The molecule has 0 spiro atoms. The van der Waals surface area contributed by atoms with E-state index in [9.17, 15) is 0 Å². The van der Waals surface area contributed by atoms with Crippen molar-refractivity contribution in [1.29, 1.82) is 0 Å². The number of rotatable bonds is 4. The first-order valence-corrected chi connectivity index (χ1v) is 20.1. The van der Waals surface area contributed by atoms with Crippen molar-refractivity contribution in [2.24, 2.45) is 0 Å². The van der Waals surface area contributed by atoms with Gasteiger partial charge >= 0.3 is 0 Å². The standard InChI is InChI=1S/C48H33N5S2/c1-48(2)35-17-7-6-16-33(35)34-26-24-31(28-36(34)48)46-49-45(30-14-4-3-5-15-30)50-47(51-46)53-39-20-10-13-23-43(39)55-44-29-32(25-27-40(44)53)52-37-18-8-11-21-41(37)54-42-22-12-9-19-38(42)52/h3-29H,1-2H3. The van der Waals surface area contributed by atoms with Gasteiger partial charge in [-0.25, -0.2) is 4.98 Å². The molecule has 11 rings (SSSR count). The van der Waals surface area contributed by atoms with Gasteiger partial charge < -0.3 is 4.90 Å². The first-order valence-electron chi connectivity index (χ1n) is 18.4. The van der Waals surface area contributed by atoms with E-state index in [2.05, 4.69) is 169 Å². The zero-order chi connectivity index (χ0) is 36.7. The normalized spacial score (nSPS) is 14.3. The maximum atomic E-state index is 5.33. The molecule has 0 saturated heterocycles. The van der Waals surface area contributed by atoms with Gasteiger partial charge in [0.25, 0.3) is 0 Å². The summed E-state index contributed by atoms with van der Waals surface area (Å²) in [7, 11) is 0. The Hall–Kier alpha value is -6.15. The van der Waals surface area contributed by atoms with Crippen molar-refractivity contribution in [3.8, 4) is 33.9 Å². The molecular weight excluding hydrogens is 711 g/mol.